The van der Waals surface area contributed by atoms with Gasteiger partial charge in [0.1, 0.15) is 6.54 Å². The van der Waals surface area contributed by atoms with Gasteiger partial charge in [0.15, 0.2) is 0 Å². The molecule has 0 heterocycles. The van der Waals surface area contributed by atoms with E-state index in [0.29, 0.717) is 0 Å². The number of sulfonamides is 1. The van der Waals surface area contributed by atoms with Crippen molar-refractivity contribution in [3.8, 4) is 0 Å². The zero-order valence-corrected chi connectivity index (χ0v) is 15.1. The van der Waals surface area contributed by atoms with Crippen molar-refractivity contribution in [3.63, 3.8) is 0 Å². The van der Waals surface area contributed by atoms with E-state index in [0.717, 1.165) is 23.4 Å². The Morgan fingerprint density at radius 2 is 2.00 bits per heavy atom. The summed E-state index contributed by atoms with van der Waals surface area (Å²) in [5, 5.41) is 3.10. The summed E-state index contributed by atoms with van der Waals surface area (Å²) in [5.41, 5.74) is 0.190. The maximum Gasteiger partial charge on any atom is 0.240 e. The van der Waals surface area contributed by atoms with Crippen LogP contribution in [0.15, 0.2) is 18.2 Å². The molecule has 0 fully saturated rings. The fourth-order valence-electron chi connectivity index (χ4n) is 2.02. The number of nitrogens with one attached hydrogen (secondary N) is 1. The molecule has 0 aromatic heterocycles. The van der Waals surface area contributed by atoms with Crippen LogP contribution in [0.3, 0.4) is 0 Å². The maximum absolute atomic E-state index is 12.1. The van der Waals surface area contributed by atoms with Gasteiger partial charge in [0.05, 0.1) is 22.0 Å². The number of amides is 1. The topological polar surface area (TPSA) is 66.5 Å². The first-order valence-corrected chi connectivity index (χ1v) is 9.48. The summed E-state index contributed by atoms with van der Waals surface area (Å²) in [7, 11) is -3.67. The van der Waals surface area contributed by atoms with Gasteiger partial charge in [-0.15, -0.1) is 0 Å². The Balaban J connectivity index is 3.01. The first-order valence-electron chi connectivity index (χ1n) is 6.88. The van der Waals surface area contributed by atoms with Gasteiger partial charge in [-0.1, -0.05) is 42.6 Å². The monoisotopic (exact) mass is 366 g/mol. The molecule has 0 bridgehead atoms. The average molecular weight is 367 g/mol. The molecule has 0 radical (unpaired) electrons. The molecule has 1 atom stereocenters. The van der Waals surface area contributed by atoms with Crippen LogP contribution in [0, 0.1) is 0 Å². The molecule has 5 nitrogen and oxygen atoms in total. The normalized spacial score (nSPS) is 12.8. The van der Waals surface area contributed by atoms with Crippen LogP contribution in [-0.2, 0) is 14.8 Å². The Morgan fingerprint density at radius 3 is 2.55 bits per heavy atom. The third-order valence-electron chi connectivity index (χ3n) is 3.02. The Bertz CT molecular complexity index is 635. The smallest absolute Gasteiger partial charge is 0.240 e. The van der Waals surface area contributed by atoms with Crippen LogP contribution in [0.2, 0.25) is 10.0 Å². The minimum atomic E-state index is -3.67. The molecule has 1 amide bonds. The van der Waals surface area contributed by atoms with Gasteiger partial charge >= 0.3 is 0 Å². The summed E-state index contributed by atoms with van der Waals surface area (Å²) in [5.74, 6) is -0.387. The lowest BCUT2D eigenvalue weighted by Gasteiger charge is -2.24. The van der Waals surface area contributed by atoms with Crippen LogP contribution in [0.1, 0.15) is 26.7 Å². The minimum Gasteiger partial charge on any atom is -0.352 e. The van der Waals surface area contributed by atoms with Crippen LogP contribution in [0.4, 0.5) is 5.69 Å². The number of rotatable bonds is 7. The van der Waals surface area contributed by atoms with Gasteiger partial charge in [-0.3, -0.25) is 9.10 Å². The highest BCUT2D eigenvalue weighted by Crippen LogP contribution is 2.33. The van der Waals surface area contributed by atoms with Crippen molar-refractivity contribution in [1.29, 1.82) is 0 Å². The molecule has 0 aliphatic heterocycles. The summed E-state index contributed by atoms with van der Waals surface area (Å²) in [6, 6.07) is 4.63. The van der Waals surface area contributed by atoms with E-state index in [1.165, 1.54) is 6.07 Å². The van der Waals surface area contributed by atoms with Gasteiger partial charge < -0.3 is 5.32 Å². The van der Waals surface area contributed by atoms with Crippen molar-refractivity contribution in [2.45, 2.75) is 32.7 Å². The van der Waals surface area contributed by atoms with Crippen molar-refractivity contribution in [2.75, 3.05) is 17.1 Å². The molecule has 0 spiro atoms. The third kappa shape index (κ3) is 5.34. The third-order valence-corrected chi connectivity index (χ3v) is 4.95. The van der Waals surface area contributed by atoms with Crippen LogP contribution in [0.5, 0.6) is 0 Å². The van der Waals surface area contributed by atoms with Gasteiger partial charge in [-0.25, -0.2) is 8.42 Å². The lowest BCUT2D eigenvalue weighted by Crippen LogP contribution is -2.43. The quantitative estimate of drug-likeness (QED) is 0.806. The molecule has 0 saturated heterocycles. The Hall–Kier alpha value is -0.980. The number of carbonyl (C=O) groups excluding carboxylic acids is 1. The van der Waals surface area contributed by atoms with Crippen molar-refractivity contribution in [3.05, 3.63) is 28.2 Å². The molecular weight excluding hydrogens is 347 g/mol. The molecule has 0 unspecified atom stereocenters. The second kappa shape index (κ2) is 8.04. The van der Waals surface area contributed by atoms with Gasteiger partial charge in [0.2, 0.25) is 15.9 Å². The van der Waals surface area contributed by atoms with E-state index in [4.69, 9.17) is 23.2 Å². The Kier molecular flexibility index (Phi) is 6.97. The summed E-state index contributed by atoms with van der Waals surface area (Å²) >= 11 is 12.0. The van der Waals surface area contributed by atoms with E-state index in [-0.39, 0.29) is 34.2 Å². The molecule has 0 aliphatic carbocycles. The molecular formula is C14H20Cl2N2O3S. The lowest BCUT2D eigenvalue weighted by atomic mass is 10.2. The number of hydrogen-bond donors (Lipinski definition) is 1. The highest BCUT2D eigenvalue weighted by atomic mass is 35.5. The van der Waals surface area contributed by atoms with E-state index in [9.17, 15) is 13.2 Å². The van der Waals surface area contributed by atoms with Crippen molar-refractivity contribution < 1.29 is 13.2 Å². The van der Waals surface area contributed by atoms with Crippen molar-refractivity contribution >= 4 is 44.8 Å². The zero-order valence-electron chi connectivity index (χ0n) is 12.8. The van der Waals surface area contributed by atoms with Gasteiger partial charge in [-0.2, -0.15) is 0 Å². The van der Waals surface area contributed by atoms with Crippen LogP contribution in [-0.4, -0.2) is 33.2 Å². The molecule has 1 aromatic carbocycles. The minimum absolute atomic E-state index is 0.0197. The fraction of sp³-hybridized carbons (Fsp3) is 0.500. The number of halogens is 2. The Labute approximate surface area is 141 Å². The first kappa shape index (κ1) is 19.1. The van der Waals surface area contributed by atoms with Crippen LogP contribution < -0.4 is 9.62 Å². The molecule has 0 aliphatic rings. The average Bonchev–Trinajstić information content (AvgIpc) is 2.38. The van der Waals surface area contributed by atoms with Crippen LogP contribution >= 0.6 is 23.2 Å². The number of hydrogen-bond acceptors (Lipinski definition) is 3. The molecule has 124 valence electrons. The molecule has 22 heavy (non-hydrogen) atoms. The van der Waals surface area contributed by atoms with E-state index in [1.54, 1.807) is 12.1 Å². The van der Waals surface area contributed by atoms with Crippen LogP contribution in [0.25, 0.3) is 0 Å². The summed E-state index contributed by atoms with van der Waals surface area (Å²) in [4.78, 5) is 12.1. The number of nitrogens with zero attached hydrogens (tertiary/aromatic N) is 1. The lowest BCUT2D eigenvalue weighted by molar-refractivity contribution is -0.120. The van der Waals surface area contributed by atoms with Gasteiger partial charge in [0, 0.05) is 6.04 Å². The fourth-order valence-corrected chi connectivity index (χ4v) is 3.33. The van der Waals surface area contributed by atoms with E-state index < -0.39 is 10.0 Å². The number of carbonyl (C=O) groups is 1. The van der Waals surface area contributed by atoms with Gasteiger partial charge in [-0.05, 0) is 25.5 Å². The molecule has 0 saturated carbocycles. The number of benzene rings is 1. The first-order chi connectivity index (χ1) is 10.2. The van der Waals surface area contributed by atoms with Gasteiger partial charge in [0.25, 0.3) is 0 Å². The SMILES string of the molecule is CCC[C@@H](C)NC(=O)CN(c1cccc(Cl)c1Cl)S(C)(=O)=O. The summed E-state index contributed by atoms with van der Waals surface area (Å²) in [6.45, 7) is 3.54. The second-order valence-corrected chi connectivity index (χ2v) is 7.79. The van der Waals surface area contributed by atoms with E-state index in [1.807, 2.05) is 13.8 Å². The van der Waals surface area contributed by atoms with Crippen molar-refractivity contribution in [1.82, 2.24) is 5.32 Å². The molecule has 1 N–H and O–H groups in total. The van der Waals surface area contributed by atoms with E-state index >= 15 is 0 Å². The molecule has 1 rings (SSSR count). The molecule has 8 heteroatoms. The number of anilines is 1. The zero-order chi connectivity index (χ0) is 16.9. The largest absolute Gasteiger partial charge is 0.352 e. The Morgan fingerprint density at radius 1 is 1.36 bits per heavy atom. The predicted molar refractivity (Wildman–Crippen MR) is 91.2 cm³/mol. The summed E-state index contributed by atoms with van der Waals surface area (Å²) in [6.07, 6.45) is 2.77. The summed E-state index contributed by atoms with van der Waals surface area (Å²) < 4.78 is 24.9. The molecule has 1 aromatic rings. The highest BCUT2D eigenvalue weighted by molar-refractivity contribution is 7.92. The predicted octanol–water partition coefficient (Wildman–Crippen LogP) is 3.06. The van der Waals surface area contributed by atoms with E-state index in [2.05, 4.69) is 5.32 Å². The standard InChI is InChI=1S/C14H20Cl2N2O3S/c1-4-6-10(2)17-13(19)9-18(22(3,20)21)12-8-5-7-11(15)14(12)16/h5,7-8,10H,4,6,9H2,1-3H3,(H,17,19)/t10-/m1/s1. The highest BCUT2D eigenvalue weighted by Gasteiger charge is 2.24. The second-order valence-electron chi connectivity index (χ2n) is 5.10. The maximum atomic E-state index is 12.1. The van der Waals surface area contributed by atoms with Crippen molar-refractivity contribution in [2.24, 2.45) is 0 Å².